The van der Waals surface area contributed by atoms with Gasteiger partial charge in [-0.25, -0.2) is 0 Å². The molecule has 3 aromatic rings. The Morgan fingerprint density at radius 1 is 1.04 bits per heavy atom. The first-order valence-electron chi connectivity index (χ1n) is 8.94. The van der Waals surface area contributed by atoms with Gasteiger partial charge < -0.3 is 24.5 Å². The summed E-state index contributed by atoms with van der Waals surface area (Å²) >= 11 is 0. The van der Waals surface area contributed by atoms with Crippen LogP contribution in [0, 0.1) is 0 Å². The van der Waals surface area contributed by atoms with Crippen molar-refractivity contribution in [3.05, 3.63) is 72.4 Å². The average Bonchev–Trinajstić information content (AvgIpc) is 3.09. The van der Waals surface area contributed by atoms with Crippen molar-refractivity contribution in [2.24, 2.45) is 0 Å². The first kappa shape index (κ1) is 19.2. The van der Waals surface area contributed by atoms with Crippen LogP contribution in [0.5, 0.6) is 5.75 Å². The third-order valence-corrected chi connectivity index (χ3v) is 4.38. The molecule has 1 amide bonds. The molecule has 0 atom stereocenters. The number of carbonyl (C=O) groups excluding carboxylic acids is 2. The summed E-state index contributed by atoms with van der Waals surface area (Å²) < 4.78 is 7.02. The highest BCUT2D eigenvalue weighted by Crippen LogP contribution is 2.24. The van der Waals surface area contributed by atoms with Crippen molar-refractivity contribution in [3.63, 3.8) is 0 Å². The SMILES string of the molecule is COc1cccc(NC(=O)Cn2c(CCC(=O)[O-])ccc2-c2ccccc2)c1. The fourth-order valence-electron chi connectivity index (χ4n) is 3.05. The number of methoxy groups -OCH3 is 1. The first-order chi connectivity index (χ1) is 13.6. The number of aliphatic carboxylic acids is 1. The summed E-state index contributed by atoms with van der Waals surface area (Å²) in [5.74, 6) is -0.676. The highest BCUT2D eigenvalue weighted by atomic mass is 16.5. The molecular weight excluding hydrogens is 356 g/mol. The molecule has 0 fully saturated rings. The second kappa shape index (κ2) is 8.90. The second-order valence-corrected chi connectivity index (χ2v) is 6.31. The summed E-state index contributed by atoms with van der Waals surface area (Å²) in [6, 6.07) is 20.5. The predicted molar refractivity (Wildman–Crippen MR) is 105 cm³/mol. The van der Waals surface area contributed by atoms with Crippen molar-refractivity contribution in [3.8, 4) is 17.0 Å². The molecule has 1 N–H and O–H groups in total. The molecular formula is C22H21N2O4-. The average molecular weight is 377 g/mol. The largest absolute Gasteiger partial charge is 0.550 e. The first-order valence-corrected chi connectivity index (χ1v) is 8.94. The van der Waals surface area contributed by atoms with Crippen LogP contribution in [0.15, 0.2) is 66.7 Å². The third kappa shape index (κ3) is 4.79. The summed E-state index contributed by atoms with van der Waals surface area (Å²) in [7, 11) is 1.57. The predicted octanol–water partition coefficient (Wildman–Crippen LogP) is 2.48. The van der Waals surface area contributed by atoms with E-state index in [0.29, 0.717) is 17.9 Å². The monoisotopic (exact) mass is 377 g/mol. The molecule has 3 rings (SSSR count). The fourth-order valence-corrected chi connectivity index (χ4v) is 3.05. The zero-order chi connectivity index (χ0) is 19.9. The van der Waals surface area contributed by atoms with E-state index >= 15 is 0 Å². The Bertz CT molecular complexity index is 964. The number of aryl methyl sites for hydroxylation is 1. The van der Waals surface area contributed by atoms with Crippen LogP contribution in [-0.4, -0.2) is 23.6 Å². The van der Waals surface area contributed by atoms with E-state index in [1.807, 2.05) is 47.0 Å². The number of anilines is 1. The molecule has 28 heavy (non-hydrogen) atoms. The Kier molecular flexibility index (Phi) is 6.11. The molecule has 1 heterocycles. The molecule has 1 aromatic heterocycles. The zero-order valence-electron chi connectivity index (χ0n) is 15.6. The summed E-state index contributed by atoms with van der Waals surface area (Å²) in [6.45, 7) is 0.0663. The number of rotatable bonds is 8. The molecule has 0 radical (unpaired) electrons. The minimum atomic E-state index is -1.12. The van der Waals surface area contributed by atoms with Gasteiger partial charge in [0.2, 0.25) is 5.91 Å². The number of amides is 1. The molecule has 6 nitrogen and oxygen atoms in total. The molecule has 0 unspecified atom stereocenters. The van der Waals surface area contributed by atoms with Gasteiger partial charge in [-0.2, -0.15) is 0 Å². The Labute approximate surface area is 163 Å². The lowest BCUT2D eigenvalue weighted by atomic mass is 10.1. The molecule has 0 aliphatic rings. The fraction of sp³-hybridized carbons (Fsp3) is 0.182. The van der Waals surface area contributed by atoms with Crippen LogP contribution >= 0.6 is 0 Å². The van der Waals surface area contributed by atoms with E-state index in [1.54, 1.807) is 31.4 Å². The van der Waals surface area contributed by atoms with Crippen molar-refractivity contribution in [1.82, 2.24) is 4.57 Å². The lowest BCUT2D eigenvalue weighted by Crippen LogP contribution is -2.24. The van der Waals surface area contributed by atoms with Crippen LogP contribution in [0.2, 0.25) is 0 Å². The molecule has 0 saturated heterocycles. The zero-order valence-corrected chi connectivity index (χ0v) is 15.6. The molecule has 6 heteroatoms. The van der Waals surface area contributed by atoms with Gasteiger partial charge in [0.15, 0.2) is 0 Å². The summed E-state index contributed by atoms with van der Waals surface area (Å²) in [5.41, 5.74) is 3.21. The maximum Gasteiger partial charge on any atom is 0.244 e. The number of carbonyl (C=O) groups is 2. The van der Waals surface area contributed by atoms with Crippen LogP contribution in [-0.2, 0) is 22.6 Å². The number of carboxylic acid groups (broad SMARTS) is 1. The Hall–Kier alpha value is -3.54. The minimum absolute atomic E-state index is 0.0663. The van der Waals surface area contributed by atoms with E-state index in [1.165, 1.54) is 0 Å². The number of benzene rings is 2. The van der Waals surface area contributed by atoms with E-state index in [0.717, 1.165) is 17.0 Å². The Balaban J connectivity index is 1.84. The maximum atomic E-state index is 12.7. The van der Waals surface area contributed by atoms with E-state index in [2.05, 4.69) is 5.32 Å². The maximum absolute atomic E-state index is 12.7. The van der Waals surface area contributed by atoms with Crippen molar-refractivity contribution in [1.29, 1.82) is 0 Å². The van der Waals surface area contributed by atoms with Gasteiger partial charge in [0.25, 0.3) is 0 Å². The molecule has 2 aromatic carbocycles. The second-order valence-electron chi connectivity index (χ2n) is 6.31. The number of nitrogens with zero attached hydrogens (tertiary/aromatic N) is 1. The minimum Gasteiger partial charge on any atom is -0.550 e. The van der Waals surface area contributed by atoms with E-state index in [9.17, 15) is 14.7 Å². The van der Waals surface area contributed by atoms with E-state index in [-0.39, 0.29) is 18.9 Å². The Morgan fingerprint density at radius 2 is 1.82 bits per heavy atom. The van der Waals surface area contributed by atoms with Gasteiger partial charge in [-0.15, -0.1) is 0 Å². The van der Waals surface area contributed by atoms with Crippen molar-refractivity contribution >= 4 is 17.6 Å². The lowest BCUT2D eigenvalue weighted by Gasteiger charge is -2.15. The van der Waals surface area contributed by atoms with Crippen LogP contribution in [0.25, 0.3) is 11.3 Å². The van der Waals surface area contributed by atoms with Crippen molar-refractivity contribution < 1.29 is 19.4 Å². The highest BCUT2D eigenvalue weighted by Gasteiger charge is 2.14. The Morgan fingerprint density at radius 3 is 2.54 bits per heavy atom. The van der Waals surface area contributed by atoms with Gasteiger partial charge in [-0.1, -0.05) is 36.4 Å². The number of aromatic nitrogens is 1. The van der Waals surface area contributed by atoms with Crippen molar-refractivity contribution in [2.75, 3.05) is 12.4 Å². The summed E-state index contributed by atoms with van der Waals surface area (Å²) in [4.78, 5) is 23.5. The molecule has 0 aliphatic carbocycles. The highest BCUT2D eigenvalue weighted by molar-refractivity contribution is 5.91. The summed E-state index contributed by atoms with van der Waals surface area (Å²) in [6.07, 6.45) is 0.192. The van der Waals surface area contributed by atoms with E-state index < -0.39 is 5.97 Å². The number of carboxylic acids is 1. The quantitative estimate of drug-likeness (QED) is 0.654. The molecule has 0 bridgehead atoms. The van der Waals surface area contributed by atoms with Crippen LogP contribution in [0.4, 0.5) is 5.69 Å². The lowest BCUT2D eigenvalue weighted by molar-refractivity contribution is -0.305. The molecule has 144 valence electrons. The van der Waals surface area contributed by atoms with Crippen LogP contribution < -0.4 is 15.2 Å². The van der Waals surface area contributed by atoms with Gasteiger partial charge in [0.1, 0.15) is 12.3 Å². The van der Waals surface area contributed by atoms with Gasteiger partial charge in [-0.05, 0) is 42.7 Å². The van der Waals surface area contributed by atoms with E-state index in [4.69, 9.17) is 4.74 Å². The summed E-state index contributed by atoms with van der Waals surface area (Å²) in [5, 5.41) is 13.7. The third-order valence-electron chi connectivity index (χ3n) is 4.38. The van der Waals surface area contributed by atoms with Gasteiger partial charge in [-0.3, -0.25) is 4.79 Å². The van der Waals surface area contributed by atoms with Gasteiger partial charge in [0.05, 0.1) is 7.11 Å². The van der Waals surface area contributed by atoms with Crippen LogP contribution in [0.3, 0.4) is 0 Å². The standard InChI is InChI=1S/C22H22N2O4/c1-28-19-9-5-8-17(14-19)23-21(25)15-24-18(11-13-22(26)27)10-12-20(24)16-6-3-2-4-7-16/h2-10,12,14H,11,13,15H2,1H3,(H,23,25)(H,26,27)/p-1. The topological polar surface area (TPSA) is 83.4 Å². The molecule has 0 aliphatic heterocycles. The molecule has 0 spiro atoms. The van der Waals surface area contributed by atoms with Crippen LogP contribution in [0.1, 0.15) is 12.1 Å². The van der Waals surface area contributed by atoms with Gasteiger partial charge >= 0.3 is 0 Å². The smallest absolute Gasteiger partial charge is 0.244 e. The number of ether oxygens (including phenoxy) is 1. The van der Waals surface area contributed by atoms with Gasteiger partial charge in [0, 0.05) is 29.1 Å². The number of nitrogens with one attached hydrogen (secondary N) is 1. The number of hydrogen-bond donors (Lipinski definition) is 1. The van der Waals surface area contributed by atoms with Crippen molar-refractivity contribution in [2.45, 2.75) is 19.4 Å². The normalized spacial score (nSPS) is 10.5. The number of hydrogen-bond acceptors (Lipinski definition) is 4. The molecule has 0 saturated carbocycles.